The van der Waals surface area contributed by atoms with Crippen molar-refractivity contribution in [1.29, 1.82) is 0 Å². The lowest BCUT2D eigenvalue weighted by Crippen LogP contribution is -2.14. The summed E-state index contributed by atoms with van der Waals surface area (Å²) in [5.74, 6) is 7.64. The molecule has 3 heteroatoms. The molecule has 3 aromatic rings. The lowest BCUT2D eigenvalue weighted by molar-refractivity contribution is 0.301. The van der Waals surface area contributed by atoms with Crippen molar-refractivity contribution in [3.63, 3.8) is 0 Å². The summed E-state index contributed by atoms with van der Waals surface area (Å²) in [6.07, 6.45) is 11.3. The maximum absolute atomic E-state index is 14.6. The van der Waals surface area contributed by atoms with Gasteiger partial charge in [-0.05, 0) is 97.2 Å². The predicted molar refractivity (Wildman–Crippen MR) is 119 cm³/mol. The van der Waals surface area contributed by atoms with Crippen LogP contribution in [-0.2, 0) is 6.42 Å². The summed E-state index contributed by atoms with van der Waals surface area (Å²) in [6, 6.07) is 12.5. The highest BCUT2D eigenvalue weighted by atomic mass is 19.1. The van der Waals surface area contributed by atoms with Gasteiger partial charge < -0.3 is 0 Å². The molecule has 0 radical (unpaired) electrons. The van der Waals surface area contributed by atoms with Crippen molar-refractivity contribution in [1.82, 2.24) is 0 Å². The number of terminal acetylenes is 1. The van der Waals surface area contributed by atoms with Crippen molar-refractivity contribution < 1.29 is 13.2 Å². The Balaban J connectivity index is 1.46. The van der Waals surface area contributed by atoms with Crippen molar-refractivity contribution in [2.75, 3.05) is 0 Å². The van der Waals surface area contributed by atoms with E-state index in [1.54, 1.807) is 24.3 Å². The third-order valence-electron chi connectivity index (χ3n) is 6.16. The normalized spacial score (nSPS) is 18.3. The Morgan fingerprint density at radius 2 is 1.48 bits per heavy atom. The van der Waals surface area contributed by atoms with E-state index in [-0.39, 0.29) is 11.4 Å². The van der Waals surface area contributed by atoms with Crippen LogP contribution in [0, 0.1) is 53.5 Å². The third kappa shape index (κ3) is 5.12. The Bertz CT molecular complexity index is 1180. The molecule has 3 aromatic carbocycles. The summed E-state index contributed by atoms with van der Waals surface area (Å²) < 4.78 is 42.4. The van der Waals surface area contributed by atoms with Crippen LogP contribution in [0.1, 0.15) is 48.8 Å². The van der Waals surface area contributed by atoms with Crippen molar-refractivity contribution in [2.45, 2.75) is 38.5 Å². The van der Waals surface area contributed by atoms with Crippen LogP contribution < -0.4 is 0 Å². The van der Waals surface area contributed by atoms with Crippen molar-refractivity contribution in [3.8, 4) is 24.2 Å². The minimum absolute atomic E-state index is 0.225. The van der Waals surface area contributed by atoms with Crippen LogP contribution in [-0.4, -0.2) is 0 Å². The zero-order chi connectivity index (χ0) is 21.8. The van der Waals surface area contributed by atoms with Gasteiger partial charge in [-0.3, -0.25) is 0 Å². The lowest BCUT2D eigenvalue weighted by Gasteiger charge is -2.25. The summed E-state index contributed by atoms with van der Waals surface area (Å²) in [5.41, 5.74) is 1.05. The molecule has 0 aliphatic heterocycles. The zero-order valence-electron chi connectivity index (χ0n) is 17.2. The van der Waals surface area contributed by atoms with E-state index in [1.807, 2.05) is 0 Å². The minimum Gasteiger partial charge on any atom is -0.207 e. The molecule has 0 unspecified atom stereocenters. The van der Waals surface area contributed by atoms with Gasteiger partial charge in [0.25, 0.3) is 0 Å². The maximum atomic E-state index is 14.6. The number of benzene rings is 3. The first kappa shape index (κ1) is 21.1. The zero-order valence-corrected chi connectivity index (χ0v) is 17.2. The molecule has 31 heavy (non-hydrogen) atoms. The molecule has 0 atom stereocenters. The molecule has 0 aromatic heterocycles. The van der Waals surface area contributed by atoms with Gasteiger partial charge >= 0.3 is 0 Å². The van der Waals surface area contributed by atoms with E-state index in [9.17, 15) is 13.2 Å². The molecule has 0 nitrogen and oxygen atoms in total. The standard InChI is InChI=1S/C28H23F3/c1-2-19-3-5-20(6-4-19)7-8-22-16-27(30)26(28(31)17-22)14-10-21-9-11-24-18-25(29)13-12-23(24)15-21/h1,9,11-13,15-20H,3-8H2. The molecule has 1 fully saturated rings. The summed E-state index contributed by atoms with van der Waals surface area (Å²) in [6.45, 7) is 0. The molecular weight excluding hydrogens is 393 g/mol. The summed E-state index contributed by atoms with van der Waals surface area (Å²) in [5, 5.41) is 1.57. The average Bonchev–Trinajstić information content (AvgIpc) is 2.77. The lowest BCUT2D eigenvalue weighted by atomic mass is 9.80. The Morgan fingerprint density at radius 3 is 2.19 bits per heavy atom. The molecule has 156 valence electrons. The number of rotatable bonds is 3. The molecule has 1 saturated carbocycles. The molecule has 0 N–H and O–H groups in total. The van der Waals surface area contributed by atoms with Gasteiger partial charge in [0.15, 0.2) is 0 Å². The number of fused-ring (bicyclic) bond motifs is 1. The van der Waals surface area contributed by atoms with Gasteiger partial charge in [0.1, 0.15) is 17.5 Å². The monoisotopic (exact) mass is 416 g/mol. The molecule has 0 amide bonds. The van der Waals surface area contributed by atoms with E-state index in [2.05, 4.69) is 17.8 Å². The number of hydrogen-bond acceptors (Lipinski definition) is 0. The fourth-order valence-electron chi connectivity index (χ4n) is 4.31. The van der Waals surface area contributed by atoms with E-state index in [0.29, 0.717) is 29.4 Å². The molecular formula is C28H23F3. The Kier molecular flexibility index (Phi) is 6.34. The quantitative estimate of drug-likeness (QED) is 0.402. The van der Waals surface area contributed by atoms with Crippen LogP contribution in [0.2, 0.25) is 0 Å². The highest BCUT2D eigenvalue weighted by molar-refractivity contribution is 5.84. The SMILES string of the molecule is C#CC1CCC(CCc2cc(F)c(C#Cc3ccc4cc(F)ccc4c3)c(F)c2)CC1. The summed E-state index contributed by atoms with van der Waals surface area (Å²) in [7, 11) is 0. The van der Waals surface area contributed by atoms with Gasteiger partial charge in [-0.15, -0.1) is 12.3 Å². The number of hydrogen-bond donors (Lipinski definition) is 0. The van der Waals surface area contributed by atoms with E-state index in [4.69, 9.17) is 6.42 Å². The Labute approximate surface area is 181 Å². The van der Waals surface area contributed by atoms with Crippen LogP contribution >= 0.6 is 0 Å². The smallest absolute Gasteiger partial charge is 0.142 e. The van der Waals surface area contributed by atoms with Crippen LogP contribution in [0.15, 0.2) is 48.5 Å². The molecule has 4 rings (SSSR count). The summed E-state index contributed by atoms with van der Waals surface area (Å²) in [4.78, 5) is 0. The maximum Gasteiger partial charge on any atom is 0.142 e. The Hall–Kier alpha value is -3.17. The van der Waals surface area contributed by atoms with E-state index in [1.165, 1.54) is 24.3 Å². The largest absolute Gasteiger partial charge is 0.207 e. The molecule has 0 saturated heterocycles. The molecule has 0 bridgehead atoms. The molecule has 1 aliphatic rings. The highest BCUT2D eigenvalue weighted by Crippen LogP contribution is 2.31. The topological polar surface area (TPSA) is 0 Å². The second-order valence-corrected chi connectivity index (χ2v) is 8.31. The van der Waals surface area contributed by atoms with Gasteiger partial charge in [0.05, 0.1) is 5.56 Å². The first-order chi connectivity index (χ1) is 15.0. The van der Waals surface area contributed by atoms with Crippen LogP contribution in [0.3, 0.4) is 0 Å². The van der Waals surface area contributed by atoms with Gasteiger partial charge in [-0.2, -0.15) is 0 Å². The second kappa shape index (κ2) is 9.32. The van der Waals surface area contributed by atoms with Crippen molar-refractivity contribution >= 4 is 10.8 Å². The van der Waals surface area contributed by atoms with Crippen molar-refractivity contribution in [2.24, 2.45) is 11.8 Å². The molecule has 0 heterocycles. The van der Waals surface area contributed by atoms with Gasteiger partial charge in [-0.1, -0.05) is 24.0 Å². The number of halogens is 3. The van der Waals surface area contributed by atoms with Gasteiger partial charge in [-0.25, -0.2) is 13.2 Å². The van der Waals surface area contributed by atoms with Crippen LogP contribution in [0.25, 0.3) is 10.8 Å². The third-order valence-corrected chi connectivity index (χ3v) is 6.16. The van der Waals surface area contributed by atoms with Crippen LogP contribution in [0.4, 0.5) is 13.2 Å². The minimum atomic E-state index is -0.638. The average molecular weight is 416 g/mol. The first-order valence-corrected chi connectivity index (χ1v) is 10.7. The molecule has 1 aliphatic carbocycles. The Morgan fingerprint density at radius 1 is 0.806 bits per heavy atom. The molecule has 0 spiro atoms. The fraction of sp³-hybridized carbons (Fsp3) is 0.286. The van der Waals surface area contributed by atoms with Gasteiger partial charge in [0, 0.05) is 11.5 Å². The van der Waals surface area contributed by atoms with E-state index in [0.717, 1.165) is 42.9 Å². The van der Waals surface area contributed by atoms with Gasteiger partial charge in [0.2, 0.25) is 0 Å². The highest BCUT2D eigenvalue weighted by Gasteiger charge is 2.20. The van der Waals surface area contributed by atoms with Crippen LogP contribution in [0.5, 0.6) is 0 Å². The fourth-order valence-corrected chi connectivity index (χ4v) is 4.31. The first-order valence-electron chi connectivity index (χ1n) is 10.7. The second-order valence-electron chi connectivity index (χ2n) is 8.31. The van der Waals surface area contributed by atoms with E-state index < -0.39 is 11.6 Å². The van der Waals surface area contributed by atoms with Crippen molar-refractivity contribution in [3.05, 3.63) is 82.7 Å². The van der Waals surface area contributed by atoms with E-state index >= 15 is 0 Å². The summed E-state index contributed by atoms with van der Waals surface area (Å²) >= 11 is 0. The number of aryl methyl sites for hydroxylation is 1. The predicted octanol–water partition coefficient (Wildman–Crippen LogP) is 7.03.